The quantitative estimate of drug-likeness (QED) is 0.644. The number of piperidine rings is 1. The summed E-state index contributed by atoms with van der Waals surface area (Å²) in [5.74, 6) is -0.501. The maximum Gasteiger partial charge on any atom is 0.257 e. The summed E-state index contributed by atoms with van der Waals surface area (Å²) in [6.45, 7) is 4.90. The Morgan fingerprint density at radius 2 is 1.91 bits per heavy atom. The molecule has 8 heteroatoms. The summed E-state index contributed by atoms with van der Waals surface area (Å²) in [5.41, 5.74) is 8.49. The minimum absolute atomic E-state index is 0.119. The molecule has 1 aliphatic heterocycles. The molecule has 3 heterocycles. The van der Waals surface area contributed by atoms with E-state index in [0.717, 1.165) is 16.7 Å². The van der Waals surface area contributed by atoms with Crippen molar-refractivity contribution >= 4 is 11.8 Å². The van der Waals surface area contributed by atoms with Crippen LogP contribution in [0.5, 0.6) is 0 Å². The minimum atomic E-state index is -0.840. The Kier molecular flexibility index (Phi) is 6.03. The van der Waals surface area contributed by atoms with Gasteiger partial charge in [0.2, 0.25) is 5.91 Å². The number of hydrogen-bond donors (Lipinski definition) is 1. The van der Waals surface area contributed by atoms with Crippen LogP contribution in [0.25, 0.3) is 11.1 Å². The SMILES string of the molecule is CC(C)n1cc(C(=O)N2CCCC(Cc3ccccc3-c3cncnc3)(C(N)=O)C2)cn1. The Bertz CT molecular complexity index is 1110. The molecule has 1 aliphatic rings. The zero-order valence-electron chi connectivity index (χ0n) is 18.4. The first-order chi connectivity index (χ1) is 15.4. The van der Waals surface area contributed by atoms with E-state index in [0.29, 0.717) is 31.4 Å². The maximum absolute atomic E-state index is 13.2. The van der Waals surface area contributed by atoms with Gasteiger partial charge >= 0.3 is 0 Å². The zero-order chi connectivity index (χ0) is 22.7. The summed E-state index contributed by atoms with van der Waals surface area (Å²) in [4.78, 5) is 35.9. The molecule has 2 amide bonds. The van der Waals surface area contributed by atoms with Crippen molar-refractivity contribution in [2.75, 3.05) is 13.1 Å². The van der Waals surface area contributed by atoms with Crippen LogP contribution >= 0.6 is 0 Å². The second-order valence-corrected chi connectivity index (χ2v) is 8.74. The van der Waals surface area contributed by atoms with Gasteiger partial charge in [-0.1, -0.05) is 24.3 Å². The third-order valence-electron chi connectivity index (χ3n) is 6.18. The van der Waals surface area contributed by atoms with E-state index in [4.69, 9.17) is 5.73 Å². The molecule has 4 rings (SSSR count). The lowest BCUT2D eigenvalue weighted by Gasteiger charge is -2.41. The third-order valence-corrected chi connectivity index (χ3v) is 6.18. The van der Waals surface area contributed by atoms with Gasteiger partial charge in [-0.15, -0.1) is 0 Å². The summed E-state index contributed by atoms with van der Waals surface area (Å²) in [5, 5.41) is 4.28. The van der Waals surface area contributed by atoms with Crippen LogP contribution in [0.1, 0.15) is 48.7 Å². The number of nitrogens with two attached hydrogens (primary N) is 1. The Labute approximate surface area is 187 Å². The number of amides is 2. The molecule has 0 saturated carbocycles. The number of hydrogen-bond acceptors (Lipinski definition) is 5. The first-order valence-electron chi connectivity index (χ1n) is 10.9. The topological polar surface area (TPSA) is 107 Å². The summed E-state index contributed by atoms with van der Waals surface area (Å²) >= 11 is 0. The highest BCUT2D eigenvalue weighted by Crippen LogP contribution is 2.37. The van der Waals surface area contributed by atoms with Crippen LogP contribution < -0.4 is 5.73 Å². The lowest BCUT2D eigenvalue weighted by molar-refractivity contribution is -0.130. The standard InChI is InChI=1S/C24H28N6O2/c1-17(2)30-14-20(13-28-30)22(31)29-9-5-8-24(15-29,23(25)32)10-18-6-3-4-7-21(18)19-11-26-16-27-12-19/h3-4,6-7,11-14,16-17H,5,8-10,15H2,1-2H3,(H2,25,32). The number of rotatable bonds is 6. The average molecular weight is 433 g/mol. The van der Waals surface area contributed by atoms with Crippen LogP contribution in [-0.2, 0) is 11.2 Å². The van der Waals surface area contributed by atoms with Crippen LogP contribution in [0.15, 0.2) is 55.4 Å². The van der Waals surface area contributed by atoms with Crippen molar-refractivity contribution < 1.29 is 9.59 Å². The highest BCUT2D eigenvalue weighted by atomic mass is 16.2. The molecule has 32 heavy (non-hydrogen) atoms. The average Bonchev–Trinajstić information content (AvgIpc) is 3.30. The summed E-state index contributed by atoms with van der Waals surface area (Å²) in [7, 11) is 0. The second-order valence-electron chi connectivity index (χ2n) is 8.74. The summed E-state index contributed by atoms with van der Waals surface area (Å²) in [6, 6.07) is 8.06. The van der Waals surface area contributed by atoms with Gasteiger partial charge in [0, 0.05) is 43.3 Å². The number of likely N-dealkylation sites (tertiary alicyclic amines) is 1. The molecular formula is C24H28N6O2. The Hall–Kier alpha value is -3.55. The molecule has 2 aromatic heterocycles. The van der Waals surface area contributed by atoms with E-state index < -0.39 is 5.41 Å². The molecule has 1 fully saturated rings. The Balaban J connectivity index is 1.62. The molecular weight excluding hydrogens is 404 g/mol. The van der Waals surface area contributed by atoms with E-state index in [2.05, 4.69) is 15.1 Å². The fourth-order valence-electron chi connectivity index (χ4n) is 4.41. The smallest absolute Gasteiger partial charge is 0.257 e. The number of nitrogens with zero attached hydrogens (tertiary/aromatic N) is 5. The van der Waals surface area contributed by atoms with Crippen molar-refractivity contribution in [3.8, 4) is 11.1 Å². The highest BCUT2D eigenvalue weighted by molar-refractivity contribution is 5.94. The summed E-state index contributed by atoms with van der Waals surface area (Å²) < 4.78 is 1.76. The minimum Gasteiger partial charge on any atom is -0.369 e. The molecule has 0 bridgehead atoms. The highest BCUT2D eigenvalue weighted by Gasteiger charge is 2.43. The molecule has 1 aromatic carbocycles. The number of carbonyl (C=O) groups is 2. The number of carbonyl (C=O) groups excluding carboxylic acids is 2. The molecule has 1 saturated heterocycles. The molecule has 2 N–H and O–H groups in total. The van der Waals surface area contributed by atoms with Crippen molar-refractivity contribution in [2.24, 2.45) is 11.1 Å². The van der Waals surface area contributed by atoms with Crippen LogP contribution in [0, 0.1) is 5.41 Å². The molecule has 0 aliphatic carbocycles. The van der Waals surface area contributed by atoms with Gasteiger partial charge in [-0.25, -0.2) is 9.97 Å². The van der Waals surface area contributed by atoms with Gasteiger partial charge in [0.1, 0.15) is 6.33 Å². The van der Waals surface area contributed by atoms with Gasteiger partial charge in [0.05, 0.1) is 17.2 Å². The Morgan fingerprint density at radius 3 is 2.59 bits per heavy atom. The van der Waals surface area contributed by atoms with E-state index in [1.54, 1.807) is 34.4 Å². The van der Waals surface area contributed by atoms with Crippen LogP contribution in [0.2, 0.25) is 0 Å². The normalized spacial score (nSPS) is 18.7. The molecule has 0 spiro atoms. The number of aromatic nitrogens is 4. The van der Waals surface area contributed by atoms with Gasteiger partial charge < -0.3 is 10.6 Å². The maximum atomic E-state index is 13.2. The van der Waals surface area contributed by atoms with Crippen molar-refractivity contribution in [3.05, 3.63) is 66.5 Å². The van der Waals surface area contributed by atoms with Gasteiger partial charge in [-0.05, 0) is 44.2 Å². The van der Waals surface area contributed by atoms with E-state index in [1.165, 1.54) is 6.33 Å². The van der Waals surface area contributed by atoms with Gasteiger partial charge in [0.25, 0.3) is 5.91 Å². The first-order valence-corrected chi connectivity index (χ1v) is 10.9. The monoisotopic (exact) mass is 432 g/mol. The fraction of sp³-hybridized carbons (Fsp3) is 0.375. The predicted octanol–water partition coefficient (Wildman–Crippen LogP) is 2.87. The molecule has 0 radical (unpaired) electrons. The van der Waals surface area contributed by atoms with Crippen LogP contribution in [-0.4, -0.2) is 49.6 Å². The third kappa shape index (κ3) is 4.26. The second kappa shape index (κ2) is 8.90. The van der Waals surface area contributed by atoms with Crippen molar-refractivity contribution in [1.82, 2.24) is 24.6 Å². The lowest BCUT2D eigenvalue weighted by Crippen LogP contribution is -2.53. The predicted molar refractivity (Wildman–Crippen MR) is 121 cm³/mol. The molecule has 1 atom stereocenters. The van der Waals surface area contributed by atoms with E-state index in [1.807, 2.05) is 38.1 Å². The van der Waals surface area contributed by atoms with Crippen LogP contribution in [0.4, 0.5) is 0 Å². The van der Waals surface area contributed by atoms with Crippen molar-refractivity contribution in [3.63, 3.8) is 0 Å². The molecule has 166 valence electrons. The van der Waals surface area contributed by atoms with E-state index >= 15 is 0 Å². The molecule has 1 unspecified atom stereocenters. The molecule has 8 nitrogen and oxygen atoms in total. The van der Waals surface area contributed by atoms with Crippen LogP contribution in [0.3, 0.4) is 0 Å². The van der Waals surface area contributed by atoms with Crippen molar-refractivity contribution in [1.29, 1.82) is 0 Å². The summed E-state index contributed by atoms with van der Waals surface area (Å²) in [6.07, 6.45) is 10.1. The van der Waals surface area contributed by atoms with Gasteiger partial charge in [0.15, 0.2) is 0 Å². The van der Waals surface area contributed by atoms with Gasteiger partial charge in [-0.3, -0.25) is 14.3 Å². The first kappa shape index (κ1) is 21.7. The zero-order valence-corrected chi connectivity index (χ0v) is 18.4. The number of primary amides is 1. The Morgan fingerprint density at radius 1 is 1.16 bits per heavy atom. The van der Waals surface area contributed by atoms with Gasteiger partial charge in [-0.2, -0.15) is 5.10 Å². The molecule has 3 aromatic rings. The van der Waals surface area contributed by atoms with Crippen molar-refractivity contribution in [2.45, 2.75) is 39.2 Å². The van der Waals surface area contributed by atoms with E-state index in [9.17, 15) is 9.59 Å². The lowest BCUT2D eigenvalue weighted by atomic mass is 9.73. The largest absolute Gasteiger partial charge is 0.369 e. The fourth-order valence-corrected chi connectivity index (χ4v) is 4.41. The number of benzene rings is 1. The van der Waals surface area contributed by atoms with E-state index in [-0.39, 0.29) is 24.4 Å².